The summed E-state index contributed by atoms with van der Waals surface area (Å²) in [6.07, 6.45) is 0.0959. The molecule has 0 saturated carbocycles. The van der Waals surface area contributed by atoms with Gasteiger partial charge in [0.05, 0.1) is 0 Å². The van der Waals surface area contributed by atoms with Crippen molar-refractivity contribution in [1.29, 1.82) is 0 Å². The maximum absolute atomic E-state index is 12.3. The SMILES string of the molecule is O=C(O)CC1CCN(C(=O)CNC(=O)OCC2c3ccccc3-c3ccccc32)C1. The van der Waals surface area contributed by atoms with E-state index in [2.05, 4.69) is 17.4 Å². The maximum Gasteiger partial charge on any atom is 0.407 e. The highest BCUT2D eigenvalue weighted by Crippen LogP contribution is 2.44. The van der Waals surface area contributed by atoms with Crippen LogP contribution in [0.4, 0.5) is 4.79 Å². The maximum atomic E-state index is 12.3. The van der Waals surface area contributed by atoms with Crippen molar-refractivity contribution in [3.8, 4) is 11.1 Å². The number of amides is 2. The van der Waals surface area contributed by atoms with Crippen LogP contribution in [0.1, 0.15) is 29.9 Å². The van der Waals surface area contributed by atoms with Crippen LogP contribution < -0.4 is 5.32 Å². The van der Waals surface area contributed by atoms with E-state index in [1.807, 2.05) is 36.4 Å². The molecule has 2 aromatic carbocycles. The fourth-order valence-corrected chi connectivity index (χ4v) is 4.38. The second kappa shape index (κ2) is 8.57. The Kier molecular flexibility index (Phi) is 5.70. The van der Waals surface area contributed by atoms with Gasteiger partial charge in [-0.2, -0.15) is 0 Å². The highest BCUT2D eigenvalue weighted by molar-refractivity contribution is 5.83. The van der Waals surface area contributed by atoms with Crippen molar-refractivity contribution >= 4 is 18.0 Å². The van der Waals surface area contributed by atoms with Gasteiger partial charge in [0.15, 0.2) is 0 Å². The molecule has 0 spiro atoms. The molecule has 156 valence electrons. The molecule has 2 N–H and O–H groups in total. The van der Waals surface area contributed by atoms with E-state index < -0.39 is 12.1 Å². The van der Waals surface area contributed by atoms with Crippen LogP contribution >= 0.6 is 0 Å². The summed E-state index contributed by atoms with van der Waals surface area (Å²) in [5.74, 6) is -1.14. The predicted molar refractivity (Wildman–Crippen MR) is 110 cm³/mol. The normalized spacial score (nSPS) is 17.3. The summed E-state index contributed by atoms with van der Waals surface area (Å²) in [5.41, 5.74) is 4.57. The van der Waals surface area contributed by atoms with E-state index in [-0.39, 0.29) is 37.3 Å². The highest BCUT2D eigenvalue weighted by Gasteiger charge is 2.30. The molecule has 1 heterocycles. The van der Waals surface area contributed by atoms with Gasteiger partial charge >= 0.3 is 12.1 Å². The van der Waals surface area contributed by atoms with Crippen molar-refractivity contribution in [1.82, 2.24) is 10.2 Å². The van der Waals surface area contributed by atoms with Crippen molar-refractivity contribution < 1.29 is 24.2 Å². The molecule has 1 unspecified atom stereocenters. The van der Waals surface area contributed by atoms with Gasteiger partial charge in [0, 0.05) is 25.4 Å². The molecule has 2 amide bonds. The van der Waals surface area contributed by atoms with Gasteiger partial charge in [-0.05, 0) is 34.6 Å². The summed E-state index contributed by atoms with van der Waals surface area (Å²) in [6.45, 7) is 0.968. The molecule has 4 rings (SSSR count). The van der Waals surface area contributed by atoms with Crippen molar-refractivity contribution in [2.45, 2.75) is 18.8 Å². The monoisotopic (exact) mass is 408 g/mol. The van der Waals surface area contributed by atoms with E-state index in [9.17, 15) is 14.4 Å². The molecular formula is C23H24N2O5. The Labute approximate surface area is 174 Å². The number of fused-ring (bicyclic) bond motifs is 3. The number of carbonyl (C=O) groups is 3. The van der Waals surface area contributed by atoms with Crippen molar-refractivity contribution in [2.24, 2.45) is 5.92 Å². The number of hydrogen-bond donors (Lipinski definition) is 2. The third-order valence-corrected chi connectivity index (χ3v) is 5.83. The van der Waals surface area contributed by atoms with Gasteiger partial charge < -0.3 is 20.1 Å². The molecule has 0 aromatic heterocycles. The van der Waals surface area contributed by atoms with Crippen LogP contribution in [0.25, 0.3) is 11.1 Å². The Morgan fingerprint density at radius 1 is 1.03 bits per heavy atom. The fourth-order valence-electron chi connectivity index (χ4n) is 4.38. The van der Waals surface area contributed by atoms with E-state index >= 15 is 0 Å². The first-order chi connectivity index (χ1) is 14.5. The third-order valence-electron chi connectivity index (χ3n) is 5.83. The number of alkyl carbamates (subject to hydrolysis) is 1. The van der Waals surface area contributed by atoms with Gasteiger partial charge in [0.25, 0.3) is 0 Å². The average Bonchev–Trinajstić information content (AvgIpc) is 3.33. The minimum atomic E-state index is -0.855. The summed E-state index contributed by atoms with van der Waals surface area (Å²) in [6, 6.07) is 16.2. The van der Waals surface area contributed by atoms with Gasteiger partial charge in [-0.1, -0.05) is 48.5 Å². The Bertz CT molecular complexity index is 928. The molecule has 0 bridgehead atoms. The molecule has 0 radical (unpaired) electrons. The standard InChI is InChI=1S/C23H24N2O5/c26-21(25-10-9-15(13-25)11-22(27)28)12-24-23(29)30-14-20-18-7-3-1-5-16(18)17-6-2-4-8-19(17)20/h1-8,15,20H,9-14H2,(H,24,29)(H,27,28). The van der Waals surface area contributed by atoms with Crippen LogP contribution in [0.15, 0.2) is 48.5 Å². The molecule has 1 aliphatic heterocycles. The first-order valence-corrected chi connectivity index (χ1v) is 10.1. The lowest BCUT2D eigenvalue weighted by molar-refractivity contribution is -0.138. The zero-order valence-electron chi connectivity index (χ0n) is 16.5. The number of hydrogen-bond acceptors (Lipinski definition) is 4. The lowest BCUT2D eigenvalue weighted by Crippen LogP contribution is -2.39. The second-order valence-corrected chi connectivity index (χ2v) is 7.77. The van der Waals surface area contributed by atoms with Gasteiger partial charge in [-0.15, -0.1) is 0 Å². The number of benzene rings is 2. The first-order valence-electron chi connectivity index (χ1n) is 10.1. The van der Waals surface area contributed by atoms with Gasteiger partial charge in [-0.3, -0.25) is 9.59 Å². The zero-order chi connectivity index (χ0) is 21.1. The largest absolute Gasteiger partial charge is 0.481 e. The van der Waals surface area contributed by atoms with Crippen LogP contribution in [0.3, 0.4) is 0 Å². The summed E-state index contributed by atoms with van der Waals surface area (Å²) < 4.78 is 5.43. The molecule has 2 aliphatic rings. The van der Waals surface area contributed by atoms with Crippen LogP contribution in [0, 0.1) is 5.92 Å². The topological polar surface area (TPSA) is 95.9 Å². The van der Waals surface area contributed by atoms with E-state index in [0.29, 0.717) is 19.5 Å². The number of carboxylic acid groups (broad SMARTS) is 1. The number of nitrogens with one attached hydrogen (secondary N) is 1. The van der Waals surface area contributed by atoms with E-state index in [1.54, 1.807) is 4.90 Å². The number of likely N-dealkylation sites (tertiary alicyclic amines) is 1. The Balaban J connectivity index is 1.29. The number of nitrogens with zero attached hydrogens (tertiary/aromatic N) is 1. The highest BCUT2D eigenvalue weighted by atomic mass is 16.5. The Hall–Kier alpha value is -3.35. The van der Waals surface area contributed by atoms with Crippen molar-refractivity contribution in [3.05, 3.63) is 59.7 Å². The summed E-state index contributed by atoms with van der Waals surface area (Å²) in [4.78, 5) is 36.8. The molecule has 7 heteroatoms. The zero-order valence-corrected chi connectivity index (χ0v) is 16.5. The molecule has 1 atom stereocenters. The minimum Gasteiger partial charge on any atom is -0.481 e. The number of ether oxygens (including phenoxy) is 1. The van der Waals surface area contributed by atoms with Crippen molar-refractivity contribution in [2.75, 3.05) is 26.2 Å². The van der Waals surface area contributed by atoms with Gasteiger partial charge in [0.1, 0.15) is 13.2 Å². The molecule has 7 nitrogen and oxygen atoms in total. The lowest BCUT2D eigenvalue weighted by Gasteiger charge is -2.17. The molecule has 2 aromatic rings. The fraction of sp³-hybridized carbons (Fsp3) is 0.348. The Morgan fingerprint density at radius 2 is 1.67 bits per heavy atom. The van der Waals surface area contributed by atoms with Crippen molar-refractivity contribution in [3.63, 3.8) is 0 Å². The Morgan fingerprint density at radius 3 is 2.30 bits per heavy atom. The molecule has 1 fully saturated rings. The van der Waals surface area contributed by atoms with Crippen LogP contribution in [0.5, 0.6) is 0 Å². The molecule has 1 saturated heterocycles. The lowest BCUT2D eigenvalue weighted by atomic mass is 9.98. The number of carboxylic acids is 1. The second-order valence-electron chi connectivity index (χ2n) is 7.77. The minimum absolute atomic E-state index is 0.0269. The van der Waals surface area contributed by atoms with Crippen LogP contribution in [-0.2, 0) is 14.3 Å². The summed E-state index contributed by atoms with van der Waals surface area (Å²) in [7, 11) is 0. The first kappa shape index (κ1) is 19.9. The van der Waals surface area contributed by atoms with E-state index in [1.165, 1.54) is 0 Å². The summed E-state index contributed by atoms with van der Waals surface area (Å²) >= 11 is 0. The third kappa shape index (κ3) is 4.15. The number of rotatable bonds is 6. The number of carbonyl (C=O) groups excluding carboxylic acids is 2. The van der Waals surface area contributed by atoms with E-state index in [4.69, 9.17) is 9.84 Å². The quantitative estimate of drug-likeness (QED) is 0.766. The average molecular weight is 408 g/mol. The summed E-state index contributed by atoms with van der Waals surface area (Å²) in [5, 5.41) is 11.4. The molecule has 1 aliphatic carbocycles. The van der Waals surface area contributed by atoms with Gasteiger partial charge in [-0.25, -0.2) is 4.79 Å². The molecule has 30 heavy (non-hydrogen) atoms. The smallest absolute Gasteiger partial charge is 0.407 e. The van der Waals surface area contributed by atoms with Gasteiger partial charge in [0.2, 0.25) is 5.91 Å². The van der Waals surface area contributed by atoms with Crippen LogP contribution in [0.2, 0.25) is 0 Å². The number of aliphatic carboxylic acids is 1. The van der Waals surface area contributed by atoms with E-state index in [0.717, 1.165) is 22.3 Å². The predicted octanol–water partition coefficient (Wildman–Crippen LogP) is 2.85. The molecular weight excluding hydrogens is 384 g/mol. The van der Waals surface area contributed by atoms with Crippen LogP contribution in [-0.4, -0.2) is 54.2 Å².